The summed E-state index contributed by atoms with van der Waals surface area (Å²) in [6.45, 7) is 6.15. The summed E-state index contributed by atoms with van der Waals surface area (Å²) >= 11 is 0. The molecule has 86 valence electrons. The lowest BCUT2D eigenvalue weighted by molar-refractivity contribution is -0.135. The third-order valence-corrected chi connectivity index (χ3v) is 2.36. The van der Waals surface area contributed by atoms with Crippen molar-refractivity contribution in [1.82, 2.24) is 0 Å². The molecule has 1 rings (SSSR count). The summed E-state index contributed by atoms with van der Waals surface area (Å²) in [5, 5.41) is 0. The largest absolute Gasteiger partial charge is 0.463 e. The molecule has 16 heavy (non-hydrogen) atoms. The van der Waals surface area contributed by atoms with Gasteiger partial charge in [0.2, 0.25) is 0 Å². The van der Waals surface area contributed by atoms with Gasteiger partial charge in [0.25, 0.3) is 5.78 Å². The summed E-state index contributed by atoms with van der Waals surface area (Å²) < 4.78 is 4.40. The van der Waals surface area contributed by atoms with Crippen molar-refractivity contribution < 1.29 is 14.3 Å². The molecule has 3 nitrogen and oxygen atoms in total. The van der Waals surface area contributed by atoms with Gasteiger partial charge in [-0.3, -0.25) is 4.79 Å². The maximum absolute atomic E-state index is 11.6. The third kappa shape index (κ3) is 2.69. The van der Waals surface area contributed by atoms with E-state index in [0.29, 0.717) is 5.56 Å². The Balaban J connectivity index is 3.09. The van der Waals surface area contributed by atoms with Crippen molar-refractivity contribution in [2.75, 3.05) is 7.11 Å². The van der Waals surface area contributed by atoms with Gasteiger partial charge in [0.05, 0.1) is 7.11 Å². The van der Waals surface area contributed by atoms with Gasteiger partial charge in [0.15, 0.2) is 0 Å². The van der Waals surface area contributed by atoms with Crippen LogP contribution in [0.15, 0.2) is 24.3 Å². The molecule has 0 unspecified atom stereocenters. The van der Waals surface area contributed by atoms with Crippen molar-refractivity contribution in [2.24, 2.45) is 0 Å². The highest BCUT2D eigenvalue weighted by atomic mass is 16.5. The van der Waals surface area contributed by atoms with E-state index in [0.717, 1.165) is 5.56 Å². The van der Waals surface area contributed by atoms with Crippen molar-refractivity contribution >= 4 is 11.8 Å². The highest BCUT2D eigenvalue weighted by Crippen LogP contribution is 2.22. The van der Waals surface area contributed by atoms with Gasteiger partial charge < -0.3 is 4.74 Å². The van der Waals surface area contributed by atoms with Gasteiger partial charge in [-0.05, 0) is 17.0 Å². The maximum Gasteiger partial charge on any atom is 0.379 e. The smallest absolute Gasteiger partial charge is 0.379 e. The second-order valence-electron chi connectivity index (χ2n) is 4.65. The number of Topliss-reactive ketones (excluding diaryl/α,β-unsaturated/α-hetero) is 1. The first-order chi connectivity index (χ1) is 7.36. The van der Waals surface area contributed by atoms with Gasteiger partial charge in [-0.25, -0.2) is 4.79 Å². The highest BCUT2D eigenvalue weighted by Gasteiger charge is 2.19. The molecule has 0 saturated carbocycles. The molecule has 0 bridgehead atoms. The molecule has 0 spiro atoms. The first kappa shape index (κ1) is 12.4. The lowest BCUT2D eigenvalue weighted by Gasteiger charge is -2.19. The minimum atomic E-state index is -0.828. The quantitative estimate of drug-likeness (QED) is 0.436. The van der Waals surface area contributed by atoms with Crippen LogP contribution >= 0.6 is 0 Å². The van der Waals surface area contributed by atoms with Crippen LogP contribution < -0.4 is 0 Å². The van der Waals surface area contributed by atoms with Gasteiger partial charge >= 0.3 is 5.97 Å². The van der Waals surface area contributed by atoms with Crippen molar-refractivity contribution in [3.8, 4) is 0 Å². The van der Waals surface area contributed by atoms with E-state index >= 15 is 0 Å². The van der Waals surface area contributed by atoms with Gasteiger partial charge in [-0.15, -0.1) is 0 Å². The number of hydrogen-bond acceptors (Lipinski definition) is 3. The highest BCUT2D eigenvalue weighted by molar-refractivity contribution is 6.40. The van der Waals surface area contributed by atoms with Crippen LogP contribution in [0.1, 0.15) is 36.7 Å². The van der Waals surface area contributed by atoms with Gasteiger partial charge in [-0.2, -0.15) is 0 Å². The van der Waals surface area contributed by atoms with Crippen LogP contribution in [-0.2, 0) is 14.9 Å². The fourth-order valence-corrected chi connectivity index (χ4v) is 1.34. The molecule has 0 saturated heterocycles. The zero-order chi connectivity index (χ0) is 12.3. The minimum Gasteiger partial charge on any atom is -0.463 e. The molecule has 1 aromatic carbocycles. The molecular weight excluding hydrogens is 204 g/mol. The molecule has 0 radical (unpaired) electrons. The molecule has 0 atom stereocenters. The predicted molar refractivity (Wildman–Crippen MR) is 61.5 cm³/mol. The van der Waals surface area contributed by atoms with Crippen LogP contribution in [0.3, 0.4) is 0 Å². The monoisotopic (exact) mass is 220 g/mol. The second-order valence-corrected chi connectivity index (χ2v) is 4.65. The van der Waals surface area contributed by atoms with Crippen LogP contribution in [-0.4, -0.2) is 18.9 Å². The SMILES string of the molecule is COC(=O)C(=O)c1cccc(C(C)(C)C)c1. The topological polar surface area (TPSA) is 43.4 Å². The number of methoxy groups -OCH3 is 1. The van der Waals surface area contributed by atoms with E-state index in [1.165, 1.54) is 7.11 Å². The fraction of sp³-hybridized carbons (Fsp3) is 0.385. The lowest BCUT2D eigenvalue weighted by atomic mass is 9.86. The Hall–Kier alpha value is -1.64. The number of carbonyl (C=O) groups excluding carboxylic acids is 2. The summed E-state index contributed by atoms with van der Waals surface area (Å²) in [4.78, 5) is 22.7. The number of hydrogen-bond donors (Lipinski definition) is 0. The molecule has 1 aromatic rings. The number of ketones is 1. The minimum absolute atomic E-state index is 0.0492. The van der Waals surface area contributed by atoms with Crippen LogP contribution in [0.4, 0.5) is 0 Å². The summed E-state index contributed by atoms with van der Waals surface area (Å²) in [7, 11) is 1.20. The standard InChI is InChI=1S/C13H16O3/c1-13(2,3)10-7-5-6-9(8-10)11(14)12(15)16-4/h5-8H,1-4H3. The molecule has 0 fully saturated rings. The molecule has 3 heteroatoms. The van der Waals surface area contributed by atoms with Crippen molar-refractivity contribution in [1.29, 1.82) is 0 Å². The summed E-state index contributed by atoms with van der Waals surface area (Å²) in [6.07, 6.45) is 0. The Bertz CT molecular complexity index is 413. The zero-order valence-corrected chi connectivity index (χ0v) is 10.0. The summed E-state index contributed by atoms with van der Waals surface area (Å²) in [5.41, 5.74) is 1.34. The Labute approximate surface area is 95.4 Å². The Morgan fingerprint density at radius 1 is 1.19 bits per heavy atom. The molecule has 0 aliphatic heterocycles. The van der Waals surface area contributed by atoms with Crippen LogP contribution in [0.5, 0.6) is 0 Å². The van der Waals surface area contributed by atoms with E-state index in [1.54, 1.807) is 18.2 Å². The number of rotatable bonds is 2. The normalized spacial score (nSPS) is 11.0. The molecule has 0 aliphatic rings. The molecule has 0 heterocycles. The average molecular weight is 220 g/mol. The zero-order valence-electron chi connectivity index (χ0n) is 10.0. The lowest BCUT2D eigenvalue weighted by Crippen LogP contribution is -2.17. The van der Waals surface area contributed by atoms with Crippen molar-refractivity contribution in [3.63, 3.8) is 0 Å². The van der Waals surface area contributed by atoms with E-state index in [4.69, 9.17) is 0 Å². The first-order valence-corrected chi connectivity index (χ1v) is 5.09. The molecular formula is C13H16O3. The van der Waals surface area contributed by atoms with Crippen molar-refractivity contribution in [2.45, 2.75) is 26.2 Å². The van der Waals surface area contributed by atoms with E-state index in [-0.39, 0.29) is 5.41 Å². The van der Waals surface area contributed by atoms with Gasteiger partial charge in [0, 0.05) is 5.56 Å². The van der Waals surface area contributed by atoms with Crippen LogP contribution in [0.2, 0.25) is 0 Å². The Morgan fingerprint density at radius 3 is 2.31 bits per heavy atom. The number of carbonyl (C=O) groups is 2. The molecule has 0 aliphatic carbocycles. The van der Waals surface area contributed by atoms with E-state index in [2.05, 4.69) is 25.5 Å². The Kier molecular flexibility index (Phi) is 3.48. The second kappa shape index (κ2) is 4.47. The first-order valence-electron chi connectivity index (χ1n) is 5.09. The maximum atomic E-state index is 11.6. The van der Waals surface area contributed by atoms with Gasteiger partial charge in [-0.1, -0.05) is 39.0 Å². The summed E-state index contributed by atoms with van der Waals surface area (Å²) in [6, 6.07) is 7.07. The van der Waals surface area contributed by atoms with Crippen LogP contribution in [0, 0.1) is 0 Å². The van der Waals surface area contributed by atoms with E-state index < -0.39 is 11.8 Å². The number of benzene rings is 1. The van der Waals surface area contributed by atoms with E-state index in [9.17, 15) is 9.59 Å². The average Bonchev–Trinajstić information content (AvgIpc) is 2.26. The number of ether oxygens (including phenoxy) is 1. The fourth-order valence-electron chi connectivity index (χ4n) is 1.34. The van der Waals surface area contributed by atoms with Gasteiger partial charge in [0.1, 0.15) is 0 Å². The Morgan fingerprint density at radius 2 is 1.81 bits per heavy atom. The molecule has 0 amide bonds. The van der Waals surface area contributed by atoms with Crippen LogP contribution in [0.25, 0.3) is 0 Å². The predicted octanol–water partition coefficient (Wildman–Crippen LogP) is 2.34. The number of esters is 1. The van der Waals surface area contributed by atoms with E-state index in [1.807, 2.05) is 6.07 Å². The molecule has 0 N–H and O–H groups in total. The molecule has 0 aromatic heterocycles. The third-order valence-electron chi connectivity index (χ3n) is 2.36. The summed E-state index contributed by atoms with van der Waals surface area (Å²) in [5.74, 6) is -1.43. The van der Waals surface area contributed by atoms with Crippen molar-refractivity contribution in [3.05, 3.63) is 35.4 Å².